The maximum Gasteiger partial charge on any atom is 0.254 e. The van der Waals surface area contributed by atoms with Crippen molar-refractivity contribution in [3.63, 3.8) is 0 Å². The molecule has 0 aromatic heterocycles. The molecule has 3 rings (SSSR count). The zero-order chi connectivity index (χ0) is 11.9. The van der Waals surface area contributed by atoms with Crippen molar-refractivity contribution in [3.05, 3.63) is 35.9 Å². The van der Waals surface area contributed by atoms with Gasteiger partial charge in [0.15, 0.2) is 0 Å². The molecule has 92 valence electrons. The summed E-state index contributed by atoms with van der Waals surface area (Å²) in [6, 6.07) is 9.27. The molecule has 0 bridgehead atoms. The van der Waals surface area contributed by atoms with Crippen LogP contribution in [0.5, 0.6) is 0 Å². The molecule has 0 radical (unpaired) electrons. The quantitative estimate of drug-likeness (QED) is 0.862. The molecule has 1 aromatic carbocycles. The predicted molar refractivity (Wildman–Crippen MR) is 61.9 cm³/mol. The molecule has 2 nitrogen and oxygen atoms in total. The SMILES string of the molecule is FC(F)[C@@H]1N(Cc2ccccc2)CC12CNC2. The van der Waals surface area contributed by atoms with Crippen LogP contribution in [0.15, 0.2) is 30.3 Å². The van der Waals surface area contributed by atoms with Crippen molar-refractivity contribution in [2.24, 2.45) is 5.41 Å². The summed E-state index contributed by atoms with van der Waals surface area (Å²) in [6.45, 7) is 2.92. The minimum Gasteiger partial charge on any atom is -0.315 e. The third-order valence-electron chi connectivity index (χ3n) is 3.96. The topological polar surface area (TPSA) is 15.3 Å². The van der Waals surface area contributed by atoms with Gasteiger partial charge >= 0.3 is 0 Å². The van der Waals surface area contributed by atoms with E-state index in [1.165, 1.54) is 0 Å². The second-order valence-corrected chi connectivity index (χ2v) is 5.14. The van der Waals surface area contributed by atoms with Crippen LogP contribution in [0.4, 0.5) is 8.78 Å². The summed E-state index contributed by atoms with van der Waals surface area (Å²) in [4.78, 5) is 1.90. The lowest BCUT2D eigenvalue weighted by atomic mass is 9.67. The Labute approximate surface area is 99.6 Å². The largest absolute Gasteiger partial charge is 0.315 e. The Balaban J connectivity index is 1.69. The zero-order valence-electron chi connectivity index (χ0n) is 9.57. The number of alkyl halides is 2. The normalized spacial score (nSPS) is 26.9. The molecular formula is C13H16F2N2. The summed E-state index contributed by atoms with van der Waals surface area (Å²) >= 11 is 0. The number of benzene rings is 1. The first kappa shape index (κ1) is 11.1. The molecule has 2 fully saturated rings. The maximum absolute atomic E-state index is 13.1. The van der Waals surface area contributed by atoms with Gasteiger partial charge in [0.1, 0.15) is 0 Å². The summed E-state index contributed by atoms with van der Waals surface area (Å²) in [5, 5.41) is 3.11. The van der Waals surface area contributed by atoms with Gasteiger partial charge in [0.25, 0.3) is 6.43 Å². The Morgan fingerprint density at radius 2 is 2.00 bits per heavy atom. The second kappa shape index (κ2) is 4.03. The van der Waals surface area contributed by atoms with Crippen molar-refractivity contribution >= 4 is 0 Å². The van der Waals surface area contributed by atoms with Gasteiger partial charge in [0.2, 0.25) is 0 Å². The van der Waals surface area contributed by atoms with E-state index in [0.29, 0.717) is 6.54 Å². The highest BCUT2D eigenvalue weighted by atomic mass is 19.3. The third-order valence-corrected chi connectivity index (χ3v) is 3.96. The fourth-order valence-electron chi connectivity index (χ4n) is 3.04. The summed E-state index contributed by atoms with van der Waals surface area (Å²) in [5.41, 5.74) is 0.962. The number of rotatable bonds is 3. The zero-order valence-corrected chi connectivity index (χ0v) is 9.57. The molecule has 4 heteroatoms. The monoisotopic (exact) mass is 238 g/mol. The standard InChI is InChI=1S/C13H16F2N2/c14-12(15)11-13(7-16-8-13)9-17(11)6-10-4-2-1-3-5-10/h1-5,11-12,16H,6-9H2/t11-/m0/s1. The molecule has 1 spiro atoms. The summed E-state index contributed by atoms with van der Waals surface area (Å²) in [7, 11) is 0. The van der Waals surface area contributed by atoms with Crippen molar-refractivity contribution in [2.45, 2.75) is 19.0 Å². The molecule has 2 heterocycles. The van der Waals surface area contributed by atoms with Gasteiger partial charge in [0.05, 0.1) is 6.04 Å². The van der Waals surface area contributed by atoms with Crippen LogP contribution in [0.2, 0.25) is 0 Å². The van der Waals surface area contributed by atoms with E-state index in [2.05, 4.69) is 5.32 Å². The van der Waals surface area contributed by atoms with Crippen LogP contribution in [0, 0.1) is 5.41 Å². The minimum atomic E-state index is -2.24. The fourth-order valence-corrected chi connectivity index (χ4v) is 3.04. The van der Waals surface area contributed by atoms with Gasteiger partial charge in [-0.05, 0) is 5.56 Å². The van der Waals surface area contributed by atoms with E-state index in [0.717, 1.165) is 25.2 Å². The van der Waals surface area contributed by atoms with Crippen LogP contribution in [0.3, 0.4) is 0 Å². The van der Waals surface area contributed by atoms with Gasteiger partial charge in [-0.3, -0.25) is 4.90 Å². The van der Waals surface area contributed by atoms with Crippen molar-refractivity contribution in [3.8, 4) is 0 Å². The number of halogens is 2. The lowest BCUT2D eigenvalue weighted by molar-refractivity contribution is -0.170. The summed E-state index contributed by atoms with van der Waals surface area (Å²) in [5.74, 6) is 0. The van der Waals surface area contributed by atoms with Crippen LogP contribution in [0.1, 0.15) is 5.56 Å². The number of nitrogens with one attached hydrogen (secondary N) is 1. The molecule has 0 saturated carbocycles. The van der Waals surface area contributed by atoms with E-state index in [9.17, 15) is 8.78 Å². The smallest absolute Gasteiger partial charge is 0.254 e. The first-order chi connectivity index (χ1) is 8.21. The van der Waals surface area contributed by atoms with Crippen molar-refractivity contribution < 1.29 is 8.78 Å². The van der Waals surface area contributed by atoms with Gasteiger partial charge in [-0.15, -0.1) is 0 Å². The number of likely N-dealkylation sites (tertiary alicyclic amines) is 1. The van der Waals surface area contributed by atoms with Gasteiger partial charge in [-0.2, -0.15) is 0 Å². The molecule has 1 aromatic rings. The van der Waals surface area contributed by atoms with Crippen LogP contribution in [-0.4, -0.2) is 37.0 Å². The third kappa shape index (κ3) is 1.76. The van der Waals surface area contributed by atoms with Crippen LogP contribution >= 0.6 is 0 Å². The first-order valence-electron chi connectivity index (χ1n) is 5.98. The molecule has 17 heavy (non-hydrogen) atoms. The highest BCUT2D eigenvalue weighted by Gasteiger charge is 2.59. The lowest BCUT2D eigenvalue weighted by Gasteiger charge is -2.62. The Bertz CT molecular complexity index is 390. The van der Waals surface area contributed by atoms with E-state index >= 15 is 0 Å². The van der Waals surface area contributed by atoms with Crippen LogP contribution in [0.25, 0.3) is 0 Å². The molecule has 2 aliphatic rings. The van der Waals surface area contributed by atoms with E-state index < -0.39 is 12.5 Å². The highest BCUT2D eigenvalue weighted by molar-refractivity contribution is 5.18. The van der Waals surface area contributed by atoms with Crippen molar-refractivity contribution in [1.29, 1.82) is 0 Å². The van der Waals surface area contributed by atoms with E-state index in [1.54, 1.807) is 0 Å². The Hall–Kier alpha value is -1.00. The van der Waals surface area contributed by atoms with Gasteiger partial charge in [-0.1, -0.05) is 30.3 Å². The Kier molecular flexibility index (Phi) is 2.64. The van der Waals surface area contributed by atoms with Gasteiger partial charge in [0, 0.05) is 31.6 Å². The number of nitrogens with zero attached hydrogens (tertiary/aromatic N) is 1. The predicted octanol–water partition coefficient (Wildman–Crippen LogP) is 1.73. The second-order valence-electron chi connectivity index (χ2n) is 5.14. The molecule has 1 atom stereocenters. The number of hydrogen-bond donors (Lipinski definition) is 1. The molecule has 2 aliphatic heterocycles. The average molecular weight is 238 g/mol. The Morgan fingerprint density at radius 1 is 1.29 bits per heavy atom. The lowest BCUT2D eigenvalue weighted by Crippen LogP contribution is -2.78. The van der Waals surface area contributed by atoms with E-state index in [4.69, 9.17) is 0 Å². The van der Waals surface area contributed by atoms with Gasteiger partial charge < -0.3 is 5.32 Å². The first-order valence-corrected chi connectivity index (χ1v) is 5.98. The molecule has 1 N–H and O–H groups in total. The van der Waals surface area contributed by atoms with E-state index in [-0.39, 0.29) is 5.41 Å². The molecule has 0 unspecified atom stereocenters. The minimum absolute atomic E-state index is 0.150. The summed E-state index contributed by atoms with van der Waals surface area (Å²) in [6.07, 6.45) is -2.24. The van der Waals surface area contributed by atoms with Crippen molar-refractivity contribution in [1.82, 2.24) is 10.2 Å². The van der Waals surface area contributed by atoms with E-state index in [1.807, 2.05) is 35.2 Å². The molecule has 0 amide bonds. The molecule has 0 aliphatic carbocycles. The maximum atomic E-state index is 13.1. The molecular weight excluding hydrogens is 222 g/mol. The highest BCUT2D eigenvalue weighted by Crippen LogP contribution is 2.44. The van der Waals surface area contributed by atoms with Gasteiger partial charge in [-0.25, -0.2) is 8.78 Å². The summed E-state index contributed by atoms with van der Waals surface area (Å²) < 4.78 is 26.2. The van der Waals surface area contributed by atoms with Crippen molar-refractivity contribution in [2.75, 3.05) is 19.6 Å². The Morgan fingerprint density at radius 3 is 2.53 bits per heavy atom. The van der Waals surface area contributed by atoms with Crippen LogP contribution in [-0.2, 0) is 6.54 Å². The van der Waals surface area contributed by atoms with Crippen LogP contribution < -0.4 is 5.32 Å². The number of hydrogen-bond acceptors (Lipinski definition) is 2. The fraction of sp³-hybridized carbons (Fsp3) is 0.538. The average Bonchev–Trinajstić information content (AvgIpc) is 2.21. The molecule has 2 saturated heterocycles.